The normalized spacial score (nSPS) is 9.11. The Labute approximate surface area is 58.9 Å². The van der Waals surface area contributed by atoms with Crippen molar-refractivity contribution in [1.29, 1.82) is 0 Å². The molecule has 1 rings (SSSR count). The Hall–Kier alpha value is -0.760. The lowest BCUT2D eigenvalue weighted by molar-refractivity contribution is 1.28. The number of anilines is 1. The van der Waals surface area contributed by atoms with E-state index in [1.807, 2.05) is 0 Å². The zero-order valence-corrected chi connectivity index (χ0v) is 5.74. The molecule has 1 N–H and O–H groups in total. The Kier molecular flexibility index (Phi) is 1.90. The highest BCUT2D eigenvalue weighted by Crippen LogP contribution is 2.06. The van der Waals surface area contributed by atoms with Crippen LogP contribution in [0.15, 0.2) is 12.1 Å². The molecule has 1 radical (unpaired) electrons. The monoisotopic (exact) mass is 141 g/mol. The highest BCUT2D eigenvalue weighted by molar-refractivity contribution is 6.29. The van der Waals surface area contributed by atoms with E-state index in [1.165, 1.54) is 0 Å². The molecule has 9 heavy (non-hydrogen) atoms. The van der Waals surface area contributed by atoms with E-state index in [2.05, 4.69) is 16.4 Å². The van der Waals surface area contributed by atoms with Gasteiger partial charge in [0.15, 0.2) is 0 Å². The standard InChI is InChI=1S/C6H6ClN2/c1-8-6-4-2-3-5(7)9-6/h2,4H,1H3,(H,8,9). The molecule has 0 amide bonds. The second kappa shape index (κ2) is 2.69. The fourth-order valence-electron chi connectivity index (χ4n) is 0.504. The third-order valence-electron chi connectivity index (χ3n) is 0.918. The van der Waals surface area contributed by atoms with Crippen molar-refractivity contribution in [3.8, 4) is 0 Å². The van der Waals surface area contributed by atoms with E-state index < -0.39 is 0 Å². The van der Waals surface area contributed by atoms with Crippen LogP contribution in [0.3, 0.4) is 0 Å². The third kappa shape index (κ3) is 1.57. The fourth-order valence-corrected chi connectivity index (χ4v) is 0.658. The predicted octanol–water partition coefficient (Wildman–Crippen LogP) is 1.58. The molecule has 0 bridgehead atoms. The van der Waals surface area contributed by atoms with Gasteiger partial charge in [-0.25, -0.2) is 4.98 Å². The number of halogens is 1. The molecule has 0 aliphatic heterocycles. The van der Waals surface area contributed by atoms with Crippen LogP contribution in [0.1, 0.15) is 0 Å². The molecule has 0 spiro atoms. The number of hydrogen-bond acceptors (Lipinski definition) is 2. The van der Waals surface area contributed by atoms with Gasteiger partial charge < -0.3 is 5.32 Å². The summed E-state index contributed by atoms with van der Waals surface area (Å²) in [5.74, 6) is 0.763. The van der Waals surface area contributed by atoms with Gasteiger partial charge in [0.05, 0.1) is 0 Å². The van der Waals surface area contributed by atoms with Gasteiger partial charge in [-0.15, -0.1) is 0 Å². The molecule has 1 heterocycles. The van der Waals surface area contributed by atoms with Crippen molar-refractivity contribution < 1.29 is 0 Å². The molecule has 0 fully saturated rings. The second-order valence-corrected chi connectivity index (χ2v) is 1.87. The van der Waals surface area contributed by atoms with Gasteiger partial charge in [0.25, 0.3) is 0 Å². The van der Waals surface area contributed by atoms with Gasteiger partial charge in [-0.2, -0.15) is 0 Å². The summed E-state index contributed by atoms with van der Waals surface area (Å²) >= 11 is 5.52. The van der Waals surface area contributed by atoms with Crippen LogP contribution in [-0.4, -0.2) is 12.0 Å². The minimum Gasteiger partial charge on any atom is -0.373 e. The highest BCUT2D eigenvalue weighted by atomic mass is 35.5. The Morgan fingerprint density at radius 2 is 2.56 bits per heavy atom. The van der Waals surface area contributed by atoms with Crippen LogP contribution in [0, 0.1) is 6.07 Å². The van der Waals surface area contributed by atoms with Gasteiger partial charge in [0.1, 0.15) is 11.0 Å². The number of pyridine rings is 1. The van der Waals surface area contributed by atoms with Crippen LogP contribution in [0.5, 0.6) is 0 Å². The summed E-state index contributed by atoms with van der Waals surface area (Å²) in [5.41, 5.74) is 0. The average Bonchev–Trinajstić information content (AvgIpc) is 1.88. The van der Waals surface area contributed by atoms with E-state index in [4.69, 9.17) is 11.6 Å². The van der Waals surface area contributed by atoms with Crippen molar-refractivity contribution >= 4 is 17.4 Å². The lowest BCUT2D eigenvalue weighted by atomic mass is 10.5. The smallest absolute Gasteiger partial charge is 0.139 e. The quantitative estimate of drug-likeness (QED) is 0.601. The Balaban J connectivity index is 2.94. The lowest BCUT2D eigenvalue weighted by Crippen LogP contribution is -1.90. The van der Waals surface area contributed by atoms with Crippen LogP contribution in [0.25, 0.3) is 0 Å². The van der Waals surface area contributed by atoms with Crippen LogP contribution in [0.4, 0.5) is 5.82 Å². The summed E-state index contributed by atoms with van der Waals surface area (Å²) < 4.78 is 0. The summed E-state index contributed by atoms with van der Waals surface area (Å²) in [6.45, 7) is 0. The van der Waals surface area contributed by atoms with E-state index in [0.29, 0.717) is 5.15 Å². The Morgan fingerprint density at radius 1 is 1.78 bits per heavy atom. The number of hydrogen-bond donors (Lipinski definition) is 1. The molecule has 0 saturated heterocycles. The molecular formula is C6H6ClN2. The molecule has 0 atom stereocenters. The highest BCUT2D eigenvalue weighted by Gasteiger charge is 1.88. The maximum absolute atomic E-state index is 5.52. The third-order valence-corrected chi connectivity index (χ3v) is 1.11. The largest absolute Gasteiger partial charge is 0.373 e. The molecule has 0 unspecified atom stereocenters. The van der Waals surface area contributed by atoms with Gasteiger partial charge in [-0.05, 0) is 12.1 Å². The van der Waals surface area contributed by atoms with E-state index in [0.717, 1.165) is 5.82 Å². The SMILES string of the molecule is CNc1cc[c]c(Cl)n1. The molecule has 0 aliphatic carbocycles. The molecule has 2 nitrogen and oxygen atoms in total. The fraction of sp³-hybridized carbons (Fsp3) is 0.167. The predicted molar refractivity (Wildman–Crippen MR) is 37.6 cm³/mol. The lowest BCUT2D eigenvalue weighted by Gasteiger charge is -1.95. The zero-order chi connectivity index (χ0) is 6.69. The molecule has 47 valence electrons. The van der Waals surface area contributed by atoms with Gasteiger partial charge in [-0.3, -0.25) is 0 Å². The van der Waals surface area contributed by atoms with E-state index in [-0.39, 0.29) is 0 Å². The molecule has 0 saturated carbocycles. The maximum Gasteiger partial charge on any atom is 0.139 e. The Morgan fingerprint density at radius 3 is 3.00 bits per heavy atom. The van der Waals surface area contributed by atoms with Crippen LogP contribution >= 0.6 is 11.6 Å². The van der Waals surface area contributed by atoms with Crippen LogP contribution < -0.4 is 5.32 Å². The molecule has 1 aromatic heterocycles. The summed E-state index contributed by atoms with van der Waals surface area (Å²) in [4.78, 5) is 3.89. The summed E-state index contributed by atoms with van der Waals surface area (Å²) in [6, 6.07) is 6.24. The molecule has 0 aliphatic rings. The van der Waals surface area contributed by atoms with Crippen molar-refractivity contribution in [2.75, 3.05) is 12.4 Å². The molecule has 0 aromatic carbocycles. The topological polar surface area (TPSA) is 24.9 Å². The summed E-state index contributed by atoms with van der Waals surface area (Å²) in [7, 11) is 1.79. The van der Waals surface area contributed by atoms with Crippen molar-refractivity contribution in [2.24, 2.45) is 0 Å². The van der Waals surface area contributed by atoms with E-state index in [9.17, 15) is 0 Å². The minimum atomic E-state index is 0.391. The van der Waals surface area contributed by atoms with Crippen molar-refractivity contribution in [3.05, 3.63) is 23.4 Å². The van der Waals surface area contributed by atoms with Crippen LogP contribution in [-0.2, 0) is 0 Å². The number of nitrogens with one attached hydrogen (secondary N) is 1. The minimum absolute atomic E-state index is 0.391. The van der Waals surface area contributed by atoms with E-state index in [1.54, 1.807) is 19.2 Å². The van der Waals surface area contributed by atoms with Gasteiger partial charge in [-0.1, -0.05) is 11.6 Å². The van der Waals surface area contributed by atoms with Gasteiger partial charge in [0, 0.05) is 13.1 Å². The first-order chi connectivity index (χ1) is 4.33. The Bertz CT molecular complexity index is 200. The molecule has 3 heteroatoms. The van der Waals surface area contributed by atoms with Crippen molar-refractivity contribution in [1.82, 2.24) is 4.98 Å². The molecular weight excluding hydrogens is 136 g/mol. The summed E-state index contributed by atoms with van der Waals surface area (Å²) in [5, 5.41) is 3.24. The first kappa shape index (κ1) is 6.36. The molecule has 1 aromatic rings. The maximum atomic E-state index is 5.52. The summed E-state index contributed by atoms with van der Waals surface area (Å²) in [6.07, 6.45) is 0. The second-order valence-electron chi connectivity index (χ2n) is 1.52. The van der Waals surface area contributed by atoms with Crippen molar-refractivity contribution in [3.63, 3.8) is 0 Å². The van der Waals surface area contributed by atoms with Gasteiger partial charge in [0.2, 0.25) is 0 Å². The number of rotatable bonds is 1. The van der Waals surface area contributed by atoms with Crippen LogP contribution in [0.2, 0.25) is 5.15 Å². The zero-order valence-electron chi connectivity index (χ0n) is 4.98. The first-order valence-corrected chi connectivity index (χ1v) is 2.92. The van der Waals surface area contributed by atoms with Crippen molar-refractivity contribution in [2.45, 2.75) is 0 Å². The van der Waals surface area contributed by atoms with E-state index >= 15 is 0 Å². The first-order valence-electron chi connectivity index (χ1n) is 2.55. The van der Waals surface area contributed by atoms with Gasteiger partial charge >= 0.3 is 0 Å². The average molecular weight is 142 g/mol. The number of aromatic nitrogens is 1. The number of nitrogens with zero attached hydrogens (tertiary/aromatic N) is 1.